The van der Waals surface area contributed by atoms with Crippen LogP contribution in [0.15, 0.2) is 102 Å². The summed E-state index contributed by atoms with van der Waals surface area (Å²) in [7, 11) is -4.22. The monoisotopic (exact) mass is 699 g/mol. The molecule has 0 aromatic heterocycles. The number of benzene rings is 4. The molecule has 0 aliphatic carbocycles. The van der Waals surface area contributed by atoms with Crippen molar-refractivity contribution in [1.82, 2.24) is 10.2 Å². The molecule has 2 amide bonds. The van der Waals surface area contributed by atoms with Crippen molar-refractivity contribution in [2.75, 3.05) is 17.4 Å². The van der Waals surface area contributed by atoms with Crippen molar-refractivity contribution in [2.45, 2.75) is 50.6 Å². The average Bonchev–Trinajstić information content (AvgIpc) is 3.04. The normalized spacial score (nSPS) is 11.9. The molecule has 4 aromatic rings. The first-order valence-corrected chi connectivity index (χ1v) is 17.5. The van der Waals surface area contributed by atoms with Gasteiger partial charge in [-0.05, 0) is 73.0 Å². The summed E-state index contributed by atoms with van der Waals surface area (Å²) in [4.78, 5) is 29.8. The van der Waals surface area contributed by atoms with Crippen molar-refractivity contribution < 1.29 is 18.0 Å². The van der Waals surface area contributed by atoms with Crippen molar-refractivity contribution in [3.8, 4) is 0 Å². The molecule has 0 bridgehead atoms. The van der Waals surface area contributed by atoms with Gasteiger partial charge in [0.15, 0.2) is 0 Å². The molecule has 0 spiro atoms. The predicted octanol–water partition coefficient (Wildman–Crippen LogP) is 7.71. The van der Waals surface area contributed by atoms with Gasteiger partial charge in [-0.15, -0.1) is 0 Å². The van der Waals surface area contributed by atoms with Crippen LogP contribution in [0.5, 0.6) is 0 Å². The fraction of sp³-hybridized carbons (Fsp3) is 0.257. The minimum Gasteiger partial charge on any atom is -0.354 e. The van der Waals surface area contributed by atoms with E-state index in [4.69, 9.17) is 34.8 Å². The summed E-state index contributed by atoms with van der Waals surface area (Å²) in [5, 5.41) is 4.03. The van der Waals surface area contributed by atoms with E-state index in [0.29, 0.717) is 27.2 Å². The van der Waals surface area contributed by atoms with E-state index in [9.17, 15) is 18.0 Å². The van der Waals surface area contributed by atoms with Crippen molar-refractivity contribution in [2.24, 2.45) is 0 Å². The van der Waals surface area contributed by atoms with Crippen LogP contribution in [0, 0.1) is 6.92 Å². The van der Waals surface area contributed by atoms with E-state index in [1.165, 1.54) is 17.0 Å². The smallest absolute Gasteiger partial charge is 0.264 e. The second-order valence-corrected chi connectivity index (χ2v) is 14.0. The number of nitrogens with zero attached hydrogens (tertiary/aromatic N) is 2. The summed E-state index contributed by atoms with van der Waals surface area (Å²) in [6.45, 7) is 3.72. The van der Waals surface area contributed by atoms with Gasteiger partial charge >= 0.3 is 0 Å². The predicted molar refractivity (Wildman–Crippen MR) is 186 cm³/mol. The van der Waals surface area contributed by atoms with Gasteiger partial charge in [-0.1, -0.05) is 102 Å². The molecule has 0 aliphatic rings. The number of nitrogens with one attached hydrogen (secondary N) is 1. The minimum absolute atomic E-state index is 0.0204. The van der Waals surface area contributed by atoms with Gasteiger partial charge in [-0.3, -0.25) is 13.9 Å². The maximum absolute atomic E-state index is 14.5. The molecule has 1 N–H and O–H groups in total. The number of rotatable bonds is 14. The maximum atomic E-state index is 14.5. The molecule has 0 saturated carbocycles. The van der Waals surface area contributed by atoms with Crippen molar-refractivity contribution >= 4 is 62.3 Å². The number of halogens is 3. The Balaban J connectivity index is 1.80. The number of anilines is 1. The zero-order chi connectivity index (χ0) is 33.3. The van der Waals surface area contributed by atoms with Crippen LogP contribution in [0.25, 0.3) is 0 Å². The zero-order valence-electron chi connectivity index (χ0n) is 25.6. The Morgan fingerprint density at radius 2 is 1.50 bits per heavy atom. The minimum atomic E-state index is -4.22. The summed E-state index contributed by atoms with van der Waals surface area (Å²) in [5.41, 5.74) is 2.60. The van der Waals surface area contributed by atoms with Crippen LogP contribution in [0.1, 0.15) is 36.5 Å². The molecule has 0 heterocycles. The Morgan fingerprint density at radius 3 is 2.13 bits per heavy atom. The van der Waals surface area contributed by atoms with Gasteiger partial charge < -0.3 is 10.2 Å². The number of carbonyl (C=O) groups is 2. The molecular formula is C35H36Cl3N3O4S. The third-order valence-corrected chi connectivity index (χ3v) is 10.2. The Hall–Kier alpha value is -3.56. The topological polar surface area (TPSA) is 86.8 Å². The van der Waals surface area contributed by atoms with Crippen LogP contribution in [-0.4, -0.2) is 44.3 Å². The van der Waals surface area contributed by atoms with E-state index in [2.05, 4.69) is 5.32 Å². The number of hydrogen-bond donors (Lipinski definition) is 1. The van der Waals surface area contributed by atoms with Crippen LogP contribution in [0.3, 0.4) is 0 Å². The average molecular weight is 701 g/mol. The maximum Gasteiger partial charge on any atom is 0.264 e. The van der Waals surface area contributed by atoms with Gasteiger partial charge in [-0.2, -0.15) is 0 Å². The molecular weight excluding hydrogens is 665 g/mol. The third-order valence-electron chi connectivity index (χ3n) is 7.44. The first-order valence-electron chi connectivity index (χ1n) is 14.9. The molecule has 4 aromatic carbocycles. The first-order chi connectivity index (χ1) is 22.0. The summed E-state index contributed by atoms with van der Waals surface area (Å²) >= 11 is 18.6. The van der Waals surface area contributed by atoms with Gasteiger partial charge in [0.05, 0.1) is 20.6 Å². The van der Waals surface area contributed by atoms with E-state index in [-0.39, 0.29) is 29.5 Å². The summed E-state index contributed by atoms with van der Waals surface area (Å²) in [6, 6.07) is 26.0. The van der Waals surface area contributed by atoms with Gasteiger partial charge in [0.1, 0.15) is 12.6 Å². The zero-order valence-corrected chi connectivity index (χ0v) is 28.7. The summed E-state index contributed by atoms with van der Waals surface area (Å²) in [5.74, 6) is -0.923. The van der Waals surface area contributed by atoms with Crippen molar-refractivity contribution in [3.63, 3.8) is 0 Å². The second kappa shape index (κ2) is 16.3. The largest absolute Gasteiger partial charge is 0.354 e. The molecule has 0 aliphatic heterocycles. The number of amides is 2. The molecule has 7 nitrogen and oxygen atoms in total. The van der Waals surface area contributed by atoms with Crippen molar-refractivity contribution in [3.05, 3.63) is 129 Å². The van der Waals surface area contributed by atoms with Gasteiger partial charge in [-0.25, -0.2) is 8.42 Å². The number of hydrogen-bond acceptors (Lipinski definition) is 4. The lowest BCUT2D eigenvalue weighted by molar-refractivity contribution is -0.140. The lowest BCUT2D eigenvalue weighted by Crippen LogP contribution is -2.53. The Bertz CT molecular complexity index is 1740. The molecule has 0 radical (unpaired) electrons. The van der Waals surface area contributed by atoms with Gasteiger partial charge in [0.25, 0.3) is 10.0 Å². The Labute approximate surface area is 286 Å². The summed E-state index contributed by atoms with van der Waals surface area (Å²) < 4.78 is 29.3. The molecule has 0 saturated heterocycles. The number of unbranched alkanes of at least 4 members (excludes halogenated alkanes) is 1. The quantitative estimate of drug-likeness (QED) is 0.137. The first kappa shape index (κ1) is 35.3. The van der Waals surface area contributed by atoms with E-state index in [1.54, 1.807) is 54.6 Å². The molecule has 4 rings (SSSR count). The second-order valence-electron chi connectivity index (χ2n) is 10.9. The Morgan fingerprint density at radius 1 is 0.826 bits per heavy atom. The van der Waals surface area contributed by atoms with Gasteiger partial charge in [0.2, 0.25) is 11.8 Å². The number of aryl methyl sites for hydroxylation is 1. The highest BCUT2D eigenvalue weighted by atomic mass is 35.5. The van der Waals surface area contributed by atoms with Crippen LogP contribution in [-0.2, 0) is 32.6 Å². The number of carbonyl (C=O) groups excluding carboxylic acids is 2. The standard InChI is InChI=1S/C35H36Cl3N3O4S/c1-3-4-20-39-35(43)33(22-26-8-6-5-7-9-26)40(23-27-12-19-31(37)32(38)21-27)34(42)24-41(29-15-13-28(36)14-16-29)46(44,45)30-17-10-25(2)11-18-30/h5-19,21,33H,3-4,20,22-24H2,1-2H3,(H,39,43). The van der Waals surface area contributed by atoms with E-state index >= 15 is 0 Å². The fourth-order valence-corrected chi connectivity index (χ4v) is 6.73. The van der Waals surface area contributed by atoms with Crippen LogP contribution in [0.4, 0.5) is 5.69 Å². The molecule has 0 fully saturated rings. The van der Waals surface area contributed by atoms with Gasteiger partial charge in [0, 0.05) is 24.5 Å². The lowest BCUT2D eigenvalue weighted by atomic mass is 10.0. The molecule has 11 heteroatoms. The molecule has 242 valence electrons. The lowest BCUT2D eigenvalue weighted by Gasteiger charge is -2.34. The fourth-order valence-electron chi connectivity index (χ4n) is 4.87. The van der Waals surface area contributed by atoms with E-state index in [0.717, 1.165) is 28.3 Å². The van der Waals surface area contributed by atoms with E-state index < -0.39 is 28.5 Å². The van der Waals surface area contributed by atoms with E-state index in [1.807, 2.05) is 44.2 Å². The molecule has 1 atom stereocenters. The number of sulfonamides is 1. The molecule has 46 heavy (non-hydrogen) atoms. The molecule has 1 unspecified atom stereocenters. The van der Waals surface area contributed by atoms with Crippen molar-refractivity contribution in [1.29, 1.82) is 0 Å². The van der Waals surface area contributed by atoms with Crippen LogP contribution >= 0.6 is 34.8 Å². The van der Waals surface area contributed by atoms with Crippen LogP contribution in [0.2, 0.25) is 15.1 Å². The highest BCUT2D eigenvalue weighted by molar-refractivity contribution is 7.92. The van der Waals surface area contributed by atoms with Crippen LogP contribution < -0.4 is 9.62 Å². The highest BCUT2D eigenvalue weighted by Crippen LogP contribution is 2.28. The summed E-state index contributed by atoms with van der Waals surface area (Å²) in [6.07, 6.45) is 1.85. The Kier molecular flexibility index (Phi) is 12.5. The third kappa shape index (κ3) is 9.26. The SMILES string of the molecule is CCCCNC(=O)C(Cc1ccccc1)N(Cc1ccc(Cl)c(Cl)c1)C(=O)CN(c1ccc(Cl)cc1)S(=O)(=O)c1ccc(C)cc1. The highest BCUT2D eigenvalue weighted by Gasteiger charge is 2.34.